The molecule has 3 atom stereocenters. The maximum atomic E-state index is 6.10. The summed E-state index contributed by atoms with van der Waals surface area (Å²) in [4.78, 5) is 2.67. The molecule has 1 aliphatic heterocycles. The van der Waals surface area contributed by atoms with Crippen molar-refractivity contribution in [2.75, 3.05) is 13.1 Å². The van der Waals surface area contributed by atoms with E-state index in [-0.39, 0.29) is 0 Å². The Labute approximate surface area is 124 Å². The van der Waals surface area contributed by atoms with Crippen LogP contribution in [0, 0.1) is 0 Å². The number of nitrogens with two attached hydrogens (primary N) is 1. The quantitative estimate of drug-likeness (QED) is 0.885. The highest BCUT2D eigenvalue weighted by atomic mass is 15.2. The molecule has 1 fully saturated rings. The zero-order chi connectivity index (χ0) is 14.4. The third-order valence-corrected chi connectivity index (χ3v) is 4.84. The second-order valence-corrected chi connectivity index (χ2v) is 6.37. The van der Waals surface area contributed by atoms with Crippen molar-refractivity contribution < 1.29 is 0 Å². The predicted molar refractivity (Wildman–Crippen MR) is 87.0 cm³/mol. The van der Waals surface area contributed by atoms with E-state index in [1.54, 1.807) is 0 Å². The number of nitrogens with zero attached hydrogens (tertiary/aromatic N) is 1. The van der Waals surface area contributed by atoms with Crippen LogP contribution in [0.4, 0.5) is 0 Å². The van der Waals surface area contributed by atoms with E-state index in [4.69, 9.17) is 5.73 Å². The highest BCUT2D eigenvalue weighted by molar-refractivity contribution is 5.19. The summed E-state index contributed by atoms with van der Waals surface area (Å²) in [5.41, 5.74) is 7.54. The molecule has 0 amide bonds. The molecule has 20 heavy (non-hydrogen) atoms. The summed E-state index contributed by atoms with van der Waals surface area (Å²) < 4.78 is 0. The molecule has 0 aromatic heterocycles. The van der Waals surface area contributed by atoms with Gasteiger partial charge in [0.1, 0.15) is 0 Å². The zero-order valence-corrected chi connectivity index (χ0v) is 13.1. The minimum absolute atomic E-state index is 0.526. The maximum absolute atomic E-state index is 6.10. The van der Waals surface area contributed by atoms with Crippen molar-refractivity contribution in [3.63, 3.8) is 0 Å². The van der Waals surface area contributed by atoms with Gasteiger partial charge < -0.3 is 5.73 Å². The average molecular weight is 274 g/mol. The number of hydrogen-bond donors (Lipinski definition) is 1. The Bertz CT molecular complexity index is 376. The van der Waals surface area contributed by atoms with Crippen LogP contribution in [-0.4, -0.2) is 30.1 Å². The van der Waals surface area contributed by atoms with Gasteiger partial charge in [0.25, 0.3) is 0 Å². The van der Waals surface area contributed by atoms with E-state index in [0.29, 0.717) is 18.0 Å². The molecule has 3 unspecified atom stereocenters. The molecule has 0 bridgehead atoms. The summed E-state index contributed by atoms with van der Waals surface area (Å²) in [6, 6.07) is 12.1. The van der Waals surface area contributed by atoms with E-state index in [9.17, 15) is 0 Å². The fraction of sp³-hybridized carbons (Fsp3) is 0.667. The van der Waals surface area contributed by atoms with E-state index in [0.717, 1.165) is 6.54 Å². The lowest BCUT2D eigenvalue weighted by atomic mass is 9.92. The van der Waals surface area contributed by atoms with Crippen LogP contribution in [0.2, 0.25) is 0 Å². The van der Waals surface area contributed by atoms with Crippen molar-refractivity contribution in [3.8, 4) is 0 Å². The van der Waals surface area contributed by atoms with Crippen molar-refractivity contribution in [1.29, 1.82) is 0 Å². The van der Waals surface area contributed by atoms with Gasteiger partial charge in [0, 0.05) is 18.6 Å². The third kappa shape index (κ3) is 4.07. The Hall–Kier alpha value is -0.860. The Kier molecular flexibility index (Phi) is 6.06. The molecule has 0 aliphatic carbocycles. The van der Waals surface area contributed by atoms with Gasteiger partial charge in [0.15, 0.2) is 0 Å². The maximum Gasteiger partial charge on any atom is 0.0226 e. The lowest BCUT2D eigenvalue weighted by Gasteiger charge is -2.36. The van der Waals surface area contributed by atoms with Crippen molar-refractivity contribution in [2.24, 2.45) is 5.73 Å². The largest absolute Gasteiger partial charge is 0.329 e. The second-order valence-electron chi connectivity index (χ2n) is 6.37. The Morgan fingerprint density at radius 2 is 1.95 bits per heavy atom. The van der Waals surface area contributed by atoms with Gasteiger partial charge in [0.2, 0.25) is 0 Å². The molecule has 0 spiro atoms. The van der Waals surface area contributed by atoms with Crippen LogP contribution >= 0.6 is 0 Å². The second kappa shape index (κ2) is 7.80. The Morgan fingerprint density at radius 1 is 1.20 bits per heavy atom. The smallest absolute Gasteiger partial charge is 0.0226 e. The summed E-state index contributed by atoms with van der Waals surface area (Å²) in [6.07, 6.45) is 6.59. The molecule has 2 rings (SSSR count). The van der Waals surface area contributed by atoms with Crippen LogP contribution in [0.15, 0.2) is 30.3 Å². The van der Waals surface area contributed by atoms with Crippen molar-refractivity contribution in [2.45, 2.75) is 64.0 Å². The molecule has 1 aromatic rings. The van der Waals surface area contributed by atoms with Crippen LogP contribution < -0.4 is 5.73 Å². The molecule has 2 nitrogen and oxygen atoms in total. The van der Waals surface area contributed by atoms with Crippen molar-refractivity contribution in [3.05, 3.63) is 35.9 Å². The van der Waals surface area contributed by atoms with Gasteiger partial charge in [-0.25, -0.2) is 0 Å². The van der Waals surface area contributed by atoms with E-state index in [1.807, 2.05) is 0 Å². The van der Waals surface area contributed by atoms with Gasteiger partial charge in [-0.3, -0.25) is 4.90 Å². The monoisotopic (exact) mass is 274 g/mol. The first-order chi connectivity index (χ1) is 9.72. The first-order valence-corrected chi connectivity index (χ1v) is 8.23. The number of rotatable bonds is 5. The lowest BCUT2D eigenvalue weighted by Crippen LogP contribution is -2.46. The normalized spacial score (nSPS) is 24.1. The van der Waals surface area contributed by atoms with Gasteiger partial charge in [-0.05, 0) is 44.2 Å². The summed E-state index contributed by atoms with van der Waals surface area (Å²) in [7, 11) is 0. The first kappa shape index (κ1) is 15.5. The lowest BCUT2D eigenvalue weighted by molar-refractivity contribution is 0.138. The Balaban J connectivity index is 2.00. The highest BCUT2D eigenvalue weighted by Gasteiger charge is 2.25. The summed E-state index contributed by atoms with van der Waals surface area (Å²) >= 11 is 0. The molecule has 1 aromatic carbocycles. The number of likely N-dealkylation sites (tertiary alicyclic amines) is 1. The van der Waals surface area contributed by atoms with Crippen LogP contribution in [0.1, 0.15) is 57.4 Å². The standard InChI is InChI=1S/C18H30N2/c1-15(17-10-6-3-7-11-17)13-18(14-19)20-12-8-4-5-9-16(20)2/h3,6-7,10-11,15-16,18H,4-5,8-9,12-14,19H2,1-2H3. The minimum atomic E-state index is 0.526. The molecule has 0 saturated carbocycles. The SMILES string of the molecule is CC(CC(CN)N1CCCCCC1C)c1ccccc1. The minimum Gasteiger partial charge on any atom is -0.329 e. The topological polar surface area (TPSA) is 29.3 Å². The van der Waals surface area contributed by atoms with Gasteiger partial charge in [-0.15, -0.1) is 0 Å². The predicted octanol–water partition coefficient (Wildman–Crippen LogP) is 3.77. The molecule has 112 valence electrons. The molecule has 1 aliphatic rings. The van der Waals surface area contributed by atoms with Crippen LogP contribution in [0.5, 0.6) is 0 Å². The fourth-order valence-corrected chi connectivity index (χ4v) is 3.53. The fourth-order valence-electron chi connectivity index (χ4n) is 3.53. The van der Waals surface area contributed by atoms with E-state index in [1.165, 1.54) is 44.2 Å². The molecular formula is C18H30N2. The van der Waals surface area contributed by atoms with Gasteiger partial charge in [-0.1, -0.05) is 50.1 Å². The Morgan fingerprint density at radius 3 is 2.65 bits per heavy atom. The molecule has 0 radical (unpaired) electrons. The summed E-state index contributed by atoms with van der Waals surface area (Å²) in [5, 5.41) is 0. The highest BCUT2D eigenvalue weighted by Crippen LogP contribution is 2.26. The summed E-state index contributed by atoms with van der Waals surface area (Å²) in [6.45, 7) is 6.72. The van der Waals surface area contributed by atoms with Gasteiger partial charge in [-0.2, -0.15) is 0 Å². The molecule has 1 saturated heterocycles. The van der Waals surface area contributed by atoms with E-state index >= 15 is 0 Å². The van der Waals surface area contributed by atoms with Crippen molar-refractivity contribution >= 4 is 0 Å². The number of hydrogen-bond acceptors (Lipinski definition) is 2. The van der Waals surface area contributed by atoms with Crippen LogP contribution in [0.3, 0.4) is 0 Å². The van der Waals surface area contributed by atoms with Gasteiger partial charge >= 0.3 is 0 Å². The van der Waals surface area contributed by atoms with E-state index < -0.39 is 0 Å². The van der Waals surface area contributed by atoms with Gasteiger partial charge in [0.05, 0.1) is 0 Å². The average Bonchev–Trinajstić information content (AvgIpc) is 2.70. The molecular weight excluding hydrogens is 244 g/mol. The zero-order valence-electron chi connectivity index (χ0n) is 13.1. The van der Waals surface area contributed by atoms with E-state index in [2.05, 4.69) is 49.1 Å². The third-order valence-electron chi connectivity index (χ3n) is 4.84. The molecule has 1 heterocycles. The first-order valence-electron chi connectivity index (χ1n) is 8.23. The summed E-state index contributed by atoms with van der Waals surface area (Å²) in [5.74, 6) is 0.584. The van der Waals surface area contributed by atoms with Crippen LogP contribution in [-0.2, 0) is 0 Å². The molecule has 2 N–H and O–H groups in total. The number of benzene rings is 1. The van der Waals surface area contributed by atoms with Crippen LogP contribution in [0.25, 0.3) is 0 Å². The van der Waals surface area contributed by atoms with Crippen molar-refractivity contribution in [1.82, 2.24) is 4.90 Å². The molecule has 2 heteroatoms.